The Labute approximate surface area is 141 Å². The summed E-state index contributed by atoms with van der Waals surface area (Å²) < 4.78 is 10.1. The first kappa shape index (κ1) is 15.5. The minimum atomic E-state index is -0.499. The number of thiophene rings is 1. The standard InChI is InChI=1S/C16H11ClN2O3S/c17-12-4-1-3-11(9-12)6-7-15(20)21-10-14-18-16(19-22-14)13-5-2-8-23-13/h1-9H,10H2/b7-6+. The zero-order chi connectivity index (χ0) is 16.1. The van der Waals surface area contributed by atoms with E-state index in [9.17, 15) is 4.79 Å². The van der Waals surface area contributed by atoms with Gasteiger partial charge < -0.3 is 9.26 Å². The Bertz CT molecular complexity index is 827. The van der Waals surface area contributed by atoms with E-state index in [1.165, 1.54) is 17.4 Å². The van der Waals surface area contributed by atoms with Crippen molar-refractivity contribution in [3.8, 4) is 10.7 Å². The highest BCUT2D eigenvalue weighted by Gasteiger charge is 2.10. The maximum absolute atomic E-state index is 11.7. The second-order valence-corrected chi connectivity index (χ2v) is 5.87. The number of aromatic nitrogens is 2. The SMILES string of the molecule is O=C(/C=C/c1cccc(Cl)c1)OCc1nc(-c2cccs2)no1. The lowest BCUT2D eigenvalue weighted by Crippen LogP contribution is -2.00. The molecule has 0 amide bonds. The molecule has 3 aromatic rings. The fourth-order valence-corrected chi connectivity index (χ4v) is 2.62. The molecule has 3 rings (SSSR count). The van der Waals surface area contributed by atoms with Gasteiger partial charge in [-0.25, -0.2) is 4.79 Å². The summed E-state index contributed by atoms with van der Waals surface area (Å²) in [4.78, 5) is 16.7. The van der Waals surface area contributed by atoms with E-state index in [4.69, 9.17) is 20.9 Å². The van der Waals surface area contributed by atoms with E-state index in [0.717, 1.165) is 10.4 Å². The Morgan fingerprint density at radius 2 is 2.26 bits per heavy atom. The molecule has 0 bridgehead atoms. The van der Waals surface area contributed by atoms with Crippen LogP contribution in [0.1, 0.15) is 11.5 Å². The number of hydrogen-bond acceptors (Lipinski definition) is 6. The maximum Gasteiger partial charge on any atom is 0.331 e. The molecule has 0 unspecified atom stereocenters. The van der Waals surface area contributed by atoms with E-state index >= 15 is 0 Å². The van der Waals surface area contributed by atoms with Crippen LogP contribution in [0.5, 0.6) is 0 Å². The summed E-state index contributed by atoms with van der Waals surface area (Å²) in [6.07, 6.45) is 2.95. The maximum atomic E-state index is 11.7. The van der Waals surface area contributed by atoms with E-state index in [1.54, 1.807) is 24.3 Å². The number of hydrogen-bond donors (Lipinski definition) is 0. The molecule has 7 heteroatoms. The van der Waals surface area contributed by atoms with Gasteiger partial charge in [-0.1, -0.05) is 35.0 Å². The highest BCUT2D eigenvalue weighted by Crippen LogP contribution is 2.21. The van der Waals surface area contributed by atoms with E-state index in [2.05, 4.69) is 10.1 Å². The molecule has 0 fully saturated rings. The quantitative estimate of drug-likeness (QED) is 0.511. The highest BCUT2D eigenvalue weighted by atomic mass is 35.5. The van der Waals surface area contributed by atoms with Gasteiger partial charge in [-0.2, -0.15) is 4.98 Å². The van der Waals surface area contributed by atoms with Gasteiger partial charge in [0, 0.05) is 11.1 Å². The number of benzene rings is 1. The van der Waals surface area contributed by atoms with Gasteiger partial charge in [0.05, 0.1) is 4.88 Å². The predicted molar refractivity (Wildman–Crippen MR) is 87.9 cm³/mol. The molecular formula is C16H11ClN2O3S. The van der Waals surface area contributed by atoms with E-state index < -0.39 is 5.97 Å². The summed E-state index contributed by atoms with van der Waals surface area (Å²) in [6, 6.07) is 10.9. The summed E-state index contributed by atoms with van der Waals surface area (Å²) >= 11 is 7.38. The lowest BCUT2D eigenvalue weighted by Gasteiger charge is -1.97. The van der Waals surface area contributed by atoms with Crippen LogP contribution in [0.2, 0.25) is 5.02 Å². The van der Waals surface area contributed by atoms with Gasteiger partial charge in [-0.05, 0) is 35.2 Å². The van der Waals surface area contributed by atoms with Crippen molar-refractivity contribution < 1.29 is 14.1 Å². The van der Waals surface area contributed by atoms with Crippen LogP contribution in [-0.4, -0.2) is 16.1 Å². The molecule has 0 aliphatic heterocycles. The van der Waals surface area contributed by atoms with Crippen LogP contribution in [0, 0.1) is 0 Å². The molecule has 0 aliphatic carbocycles. The molecule has 0 atom stereocenters. The van der Waals surface area contributed by atoms with Gasteiger partial charge in [0.2, 0.25) is 5.82 Å². The number of rotatable bonds is 5. The third kappa shape index (κ3) is 4.28. The van der Waals surface area contributed by atoms with Gasteiger partial charge in [-0.3, -0.25) is 0 Å². The molecule has 0 aliphatic rings. The number of carbonyl (C=O) groups is 1. The second kappa shape index (κ2) is 7.21. The third-order valence-electron chi connectivity index (χ3n) is 2.81. The predicted octanol–water partition coefficient (Wildman–Crippen LogP) is 4.21. The largest absolute Gasteiger partial charge is 0.452 e. The van der Waals surface area contributed by atoms with Gasteiger partial charge in [-0.15, -0.1) is 11.3 Å². The van der Waals surface area contributed by atoms with E-state index in [-0.39, 0.29) is 12.5 Å². The molecule has 116 valence electrons. The van der Waals surface area contributed by atoms with Crippen molar-refractivity contribution in [3.05, 3.63) is 64.3 Å². The molecule has 2 aromatic heterocycles. The highest BCUT2D eigenvalue weighted by molar-refractivity contribution is 7.13. The van der Waals surface area contributed by atoms with Gasteiger partial charge >= 0.3 is 5.97 Å². The first-order valence-corrected chi connectivity index (χ1v) is 7.93. The average molecular weight is 347 g/mol. The van der Waals surface area contributed by atoms with Crippen molar-refractivity contribution >= 4 is 35.0 Å². The Hall–Kier alpha value is -2.44. The average Bonchev–Trinajstić information content (AvgIpc) is 3.22. The topological polar surface area (TPSA) is 65.2 Å². The van der Waals surface area contributed by atoms with E-state index in [0.29, 0.717) is 10.8 Å². The molecule has 1 aromatic carbocycles. The zero-order valence-electron chi connectivity index (χ0n) is 11.8. The van der Waals surface area contributed by atoms with Crippen LogP contribution in [0.15, 0.2) is 52.4 Å². The fraction of sp³-hybridized carbons (Fsp3) is 0.0625. The van der Waals surface area contributed by atoms with Crippen molar-refractivity contribution in [3.63, 3.8) is 0 Å². The normalized spacial score (nSPS) is 11.0. The number of halogens is 1. The van der Waals surface area contributed by atoms with Crippen LogP contribution in [-0.2, 0) is 16.1 Å². The van der Waals surface area contributed by atoms with E-state index in [1.807, 2.05) is 23.6 Å². The summed E-state index contributed by atoms with van der Waals surface area (Å²) in [5, 5.41) is 6.37. The Morgan fingerprint density at radius 1 is 1.35 bits per heavy atom. The smallest absolute Gasteiger partial charge is 0.331 e. The molecule has 2 heterocycles. The number of nitrogens with zero attached hydrogens (tertiary/aromatic N) is 2. The van der Waals surface area contributed by atoms with Crippen LogP contribution >= 0.6 is 22.9 Å². The molecule has 0 N–H and O–H groups in total. The lowest BCUT2D eigenvalue weighted by atomic mass is 10.2. The van der Waals surface area contributed by atoms with Crippen LogP contribution in [0.25, 0.3) is 16.8 Å². The monoisotopic (exact) mass is 346 g/mol. The second-order valence-electron chi connectivity index (χ2n) is 4.49. The van der Waals surface area contributed by atoms with Gasteiger partial charge in [0.15, 0.2) is 6.61 Å². The minimum absolute atomic E-state index is 0.0723. The lowest BCUT2D eigenvalue weighted by molar-refractivity contribution is -0.139. The van der Waals surface area contributed by atoms with Crippen molar-refractivity contribution in [2.75, 3.05) is 0 Å². The number of carbonyl (C=O) groups excluding carboxylic acids is 1. The van der Waals surface area contributed by atoms with Crippen molar-refractivity contribution in [1.29, 1.82) is 0 Å². The van der Waals surface area contributed by atoms with Gasteiger partial charge in [0.25, 0.3) is 5.89 Å². The van der Waals surface area contributed by atoms with Crippen molar-refractivity contribution in [2.24, 2.45) is 0 Å². The summed E-state index contributed by atoms with van der Waals surface area (Å²) in [5.41, 5.74) is 0.812. The number of ether oxygens (including phenoxy) is 1. The van der Waals surface area contributed by atoms with Crippen LogP contribution in [0.3, 0.4) is 0 Å². The Kier molecular flexibility index (Phi) is 4.85. The first-order chi connectivity index (χ1) is 11.2. The molecular weight excluding hydrogens is 336 g/mol. The Morgan fingerprint density at radius 3 is 3.04 bits per heavy atom. The molecule has 0 saturated carbocycles. The summed E-state index contributed by atoms with van der Waals surface area (Å²) in [6.45, 7) is -0.0723. The van der Waals surface area contributed by atoms with Crippen molar-refractivity contribution in [1.82, 2.24) is 10.1 Å². The molecule has 0 radical (unpaired) electrons. The molecule has 5 nitrogen and oxygen atoms in total. The third-order valence-corrected chi connectivity index (χ3v) is 3.91. The molecule has 23 heavy (non-hydrogen) atoms. The van der Waals surface area contributed by atoms with Crippen LogP contribution in [0.4, 0.5) is 0 Å². The Balaban J connectivity index is 1.55. The zero-order valence-corrected chi connectivity index (χ0v) is 13.4. The fourth-order valence-electron chi connectivity index (χ4n) is 1.77. The van der Waals surface area contributed by atoms with Crippen molar-refractivity contribution in [2.45, 2.75) is 6.61 Å². The molecule has 0 spiro atoms. The first-order valence-electron chi connectivity index (χ1n) is 6.67. The minimum Gasteiger partial charge on any atom is -0.452 e. The summed E-state index contributed by atoms with van der Waals surface area (Å²) in [5.74, 6) is 0.235. The van der Waals surface area contributed by atoms with Gasteiger partial charge in [0.1, 0.15) is 0 Å². The number of esters is 1. The van der Waals surface area contributed by atoms with Crippen LogP contribution < -0.4 is 0 Å². The summed E-state index contributed by atoms with van der Waals surface area (Å²) in [7, 11) is 0. The molecule has 0 saturated heterocycles.